The molecule has 1 amide bonds. The van der Waals surface area contributed by atoms with Crippen LogP contribution < -0.4 is 5.32 Å². The average Bonchev–Trinajstić information content (AvgIpc) is 3.41. The van der Waals surface area contributed by atoms with Gasteiger partial charge in [-0.3, -0.25) is 4.79 Å². The number of hydrogen-bond donors (Lipinski definition) is 1. The average molecular weight is 407 g/mol. The lowest BCUT2D eigenvalue weighted by atomic mass is 10.1. The Balaban J connectivity index is 1.40. The first-order valence-corrected chi connectivity index (χ1v) is 9.89. The second kappa shape index (κ2) is 7.85. The van der Waals surface area contributed by atoms with Crippen LogP contribution in [-0.4, -0.2) is 33.5 Å². The van der Waals surface area contributed by atoms with Crippen LogP contribution in [0.1, 0.15) is 38.6 Å². The fourth-order valence-corrected chi connectivity index (χ4v) is 4.47. The summed E-state index contributed by atoms with van der Waals surface area (Å²) in [7, 11) is 0. The number of amides is 1. The lowest BCUT2D eigenvalue weighted by Crippen LogP contribution is -2.21. The van der Waals surface area contributed by atoms with E-state index in [1.165, 1.54) is 16.1 Å². The zero-order chi connectivity index (χ0) is 20.4. The zero-order valence-corrected chi connectivity index (χ0v) is 16.5. The minimum Gasteiger partial charge on any atom is -0.451 e. The molecule has 2 aromatic heterocycles. The molecule has 3 aromatic rings. The second-order valence-corrected chi connectivity index (χ2v) is 7.66. The van der Waals surface area contributed by atoms with E-state index in [1.807, 2.05) is 30.3 Å². The number of thiophene rings is 1. The van der Waals surface area contributed by atoms with Gasteiger partial charge in [-0.1, -0.05) is 18.2 Å². The molecule has 0 radical (unpaired) electrons. The van der Waals surface area contributed by atoms with Crippen LogP contribution in [0.25, 0.3) is 5.69 Å². The number of aryl methyl sites for hydroxylation is 2. The summed E-state index contributed by atoms with van der Waals surface area (Å²) in [6.45, 7) is 1.18. The third kappa shape index (κ3) is 3.75. The van der Waals surface area contributed by atoms with Gasteiger partial charge in [0, 0.05) is 4.88 Å². The molecule has 29 heavy (non-hydrogen) atoms. The molecule has 0 atom stereocenters. The Bertz CT molecular complexity index is 1130. The standard InChI is InChI=1S/C20H17N5O3S/c1-12-18(24-25(23-12)13-6-3-2-4-7-13)20(27)28-11-17(26)22-19-15(10-21)14-8-5-9-16(14)29-19/h2-4,6-7H,5,8-9,11H2,1H3,(H,22,26). The molecule has 0 fully saturated rings. The van der Waals surface area contributed by atoms with Crippen molar-refractivity contribution in [1.29, 1.82) is 5.26 Å². The van der Waals surface area contributed by atoms with E-state index in [2.05, 4.69) is 21.6 Å². The van der Waals surface area contributed by atoms with Crippen LogP contribution in [-0.2, 0) is 22.4 Å². The van der Waals surface area contributed by atoms with Gasteiger partial charge in [-0.05, 0) is 43.9 Å². The lowest BCUT2D eigenvalue weighted by Gasteiger charge is -2.05. The summed E-state index contributed by atoms with van der Waals surface area (Å²) in [5.41, 5.74) is 2.71. The monoisotopic (exact) mass is 407 g/mol. The van der Waals surface area contributed by atoms with Gasteiger partial charge in [-0.15, -0.1) is 16.4 Å². The SMILES string of the molecule is Cc1nn(-c2ccccc2)nc1C(=O)OCC(=O)Nc1sc2c(c1C#N)CCC2. The van der Waals surface area contributed by atoms with Crippen LogP contribution in [0.3, 0.4) is 0 Å². The molecule has 1 N–H and O–H groups in total. The Morgan fingerprint density at radius 1 is 1.28 bits per heavy atom. The summed E-state index contributed by atoms with van der Waals surface area (Å²) in [6, 6.07) is 11.3. The molecule has 0 spiro atoms. The third-order valence-electron chi connectivity index (χ3n) is 4.58. The first kappa shape index (κ1) is 18.8. The van der Waals surface area contributed by atoms with E-state index in [1.54, 1.807) is 6.92 Å². The molecule has 1 aliphatic rings. The van der Waals surface area contributed by atoms with E-state index in [9.17, 15) is 14.9 Å². The van der Waals surface area contributed by atoms with Gasteiger partial charge in [-0.25, -0.2) is 4.79 Å². The minimum absolute atomic E-state index is 0.0504. The van der Waals surface area contributed by atoms with E-state index in [0.29, 0.717) is 21.9 Å². The van der Waals surface area contributed by atoms with Crippen LogP contribution >= 0.6 is 11.3 Å². The number of fused-ring (bicyclic) bond motifs is 1. The molecule has 8 nitrogen and oxygen atoms in total. The van der Waals surface area contributed by atoms with E-state index in [4.69, 9.17) is 4.74 Å². The summed E-state index contributed by atoms with van der Waals surface area (Å²) in [4.78, 5) is 27.0. The topological polar surface area (TPSA) is 110 Å². The first-order chi connectivity index (χ1) is 14.1. The van der Waals surface area contributed by atoms with Crippen molar-refractivity contribution in [3.8, 4) is 11.8 Å². The summed E-state index contributed by atoms with van der Waals surface area (Å²) < 4.78 is 5.10. The van der Waals surface area contributed by atoms with E-state index >= 15 is 0 Å². The first-order valence-electron chi connectivity index (χ1n) is 9.08. The molecule has 4 rings (SSSR count). The maximum atomic E-state index is 12.3. The van der Waals surface area contributed by atoms with Crippen molar-refractivity contribution in [3.05, 3.63) is 57.7 Å². The van der Waals surface area contributed by atoms with Crippen LogP contribution in [0.4, 0.5) is 5.00 Å². The highest BCUT2D eigenvalue weighted by atomic mass is 32.1. The molecule has 146 valence electrons. The van der Waals surface area contributed by atoms with Crippen molar-refractivity contribution in [3.63, 3.8) is 0 Å². The van der Waals surface area contributed by atoms with E-state index in [0.717, 1.165) is 29.7 Å². The van der Waals surface area contributed by atoms with Crippen molar-refractivity contribution in [2.75, 3.05) is 11.9 Å². The number of benzene rings is 1. The Morgan fingerprint density at radius 2 is 2.07 bits per heavy atom. The summed E-state index contributed by atoms with van der Waals surface area (Å²) in [5.74, 6) is -1.23. The highest BCUT2D eigenvalue weighted by Gasteiger charge is 2.24. The predicted octanol–water partition coefficient (Wildman–Crippen LogP) is 2.79. The smallest absolute Gasteiger partial charge is 0.361 e. The zero-order valence-electron chi connectivity index (χ0n) is 15.6. The van der Waals surface area contributed by atoms with Gasteiger partial charge in [0.1, 0.15) is 11.1 Å². The number of nitriles is 1. The number of rotatable bonds is 5. The molecule has 0 saturated carbocycles. The number of aromatic nitrogens is 3. The summed E-state index contributed by atoms with van der Waals surface area (Å²) >= 11 is 1.41. The molecule has 1 aliphatic carbocycles. The highest BCUT2D eigenvalue weighted by Crippen LogP contribution is 2.38. The quantitative estimate of drug-likeness (QED) is 0.651. The Hall–Kier alpha value is -3.51. The van der Waals surface area contributed by atoms with Gasteiger partial charge in [0.15, 0.2) is 12.3 Å². The van der Waals surface area contributed by atoms with E-state index < -0.39 is 18.5 Å². The minimum atomic E-state index is -0.728. The normalized spacial score (nSPS) is 12.3. The highest BCUT2D eigenvalue weighted by molar-refractivity contribution is 7.16. The van der Waals surface area contributed by atoms with Gasteiger partial charge < -0.3 is 10.1 Å². The number of esters is 1. The molecule has 2 heterocycles. The van der Waals surface area contributed by atoms with Gasteiger partial charge in [0.2, 0.25) is 0 Å². The molecule has 9 heteroatoms. The number of carbonyl (C=O) groups excluding carboxylic acids is 2. The van der Waals surface area contributed by atoms with Crippen LogP contribution in [0.15, 0.2) is 30.3 Å². The van der Waals surface area contributed by atoms with E-state index in [-0.39, 0.29) is 5.69 Å². The number of nitrogens with zero attached hydrogens (tertiary/aromatic N) is 4. The second-order valence-electron chi connectivity index (χ2n) is 6.56. The molecular weight excluding hydrogens is 390 g/mol. The van der Waals surface area contributed by atoms with Crippen molar-refractivity contribution >= 4 is 28.2 Å². The molecule has 0 bridgehead atoms. The molecule has 0 saturated heterocycles. The Morgan fingerprint density at radius 3 is 2.83 bits per heavy atom. The largest absolute Gasteiger partial charge is 0.451 e. The van der Waals surface area contributed by atoms with Crippen LogP contribution in [0, 0.1) is 18.3 Å². The van der Waals surface area contributed by atoms with Crippen molar-refractivity contribution in [1.82, 2.24) is 15.0 Å². The fraction of sp³-hybridized carbons (Fsp3) is 0.250. The third-order valence-corrected chi connectivity index (χ3v) is 5.79. The summed E-state index contributed by atoms with van der Waals surface area (Å²) in [6.07, 6.45) is 2.82. The molecule has 0 unspecified atom stereocenters. The Labute approximate surface area is 170 Å². The molecule has 0 aliphatic heterocycles. The van der Waals surface area contributed by atoms with Gasteiger partial charge in [-0.2, -0.15) is 15.2 Å². The number of anilines is 1. The predicted molar refractivity (Wildman–Crippen MR) is 106 cm³/mol. The number of nitrogens with one attached hydrogen (secondary N) is 1. The fourth-order valence-electron chi connectivity index (χ4n) is 3.22. The number of hydrogen-bond acceptors (Lipinski definition) is 7. The van der Waals surface area contributed by atoms with Crippen molar-refractivity contribution in [2.24, 2.45) is 0 Å². The number of ether oxygens (including phenoxy) is 1. The lowest BCUT2D eigenvalue weighted by molar-refractivity contribution is -0.119. The van der Waals surface area contributed by atoms with Crippen LogP contribution in [0.5, 0.6) is 0 Å². The van der Waals surface area contributed by atoms with Gasteiger partial charge in [0.25, 0.3) is 5.91 Å². The van der Waals surface area contributed by atoms with Crippen molar-refractivity contribution < 1.29 is 14.3 Å². The van der Waals surface area contributed by atoms with Gasteiger partial charge >= 0.3 is 5.97 Å². The molecular formula is C20H17N5O3S. The summed E-state index contributed by atoms with van der Waals surface area (Å²) in [5, 5.41) is 21.0. The van der Waals surface area contributed by atoms with Crippen LogP contribution in [0.2, 0.25) is 0 Å². The Kier molecular flexibility index (Phi) is 5.10. The number of para-hydroxylation sites is 1. The maximum absolute atomic E-state index is 12.3. The molecule has 1 aromatic carbocycles. The maximum Gasteiger partial charge on any atom is 0.361 e. The van der Waals surface area contributed by atoms with Gasteiger partial charge in [0.05, 0.1) is 16.9 Å². The number of carbonyl (C=O) groups is 2. The van der Waals surface area contributed by atoms with Crippen molar-refractivity contribution in [2.45, 2.75) is 26.2 Å².